The van der Waals surface area contributed by atoms with Gasteiger partial charge in [0.1, 0.15) is 5.75 Å². The van der Waals surface area contributed by atoms with Gasteiger partial charge in [-0.25, -0.2) is 0 Å². The second-order valence-electron chi connectivity index (χ2n) is 3.48. The first kappa shape index (κ1) is 11.1. The Morgan fingerprint density at radius 1 is 1.07 bits per heavy atom. The molecular weight excluding hydrogens is 172 g/mol. The summed E-state index contributed by atoms with van der Waals surface area (Å²) in [7, 11) is 0. The summed E-state index contributed by atoms with van der Waals surface area (Å²) in [5.74, 6) is 1.02. The Morgan fingerprint density at radius 2 is 1.64 bits per heavy atom. The molecule has 0 spiro atoms. The Morgan fingerprint density at radius 3 is 2.07 bits per heavy atom. The van der Waals surface area contributed by atoms with Crippen molar-refractivity contribution in [3.05, 3.63) is 29.8 Å². The highest BCUT2D eigenvalue weighted by molar-refractivity contribution is 5.26. The van der Waals surface area contributed by atoms with Crippen LogP contribution in [0.5, 0.6) is 5.75 Å². The first-order chi connectivity index (χ1) is 6.84. The van der Waals surface area contributed by atoms with E-state index in [1.54, 1.807) is 0 Å². The molecule has 0 atom stereocenters. The molecule has 0 aliphatic heterocycles. The van der Waals surface area contributed by atoms with Gasteiger partial charge in [-0.2, -0.15) is 0 Å². The molecule has 2 rings (SSSR count). The van der Waals surface area contributed by atoms with Crippen LogP contribution in [0.25, 0.3) is 0 Å². The lowest BCUT2D eigenvalue weighted by molar-refractivity contribution is 0.120. The van der Waals surface area contributed by atoms with Crippen LogP contribution >= 0.6 is 0 Å². The summed E-state index contributed by atoms with van der Waals surface area (Å²) in [5.41, 5.74) is 1.29. The average Bonchev–Trinajstić information content (AvgIpc) is 2.17. The molecule has 0 unspecified atom stereocenters. The zero-order valence-electron chi connectivity index (χ0n) is 9.42. The van der Waals surface area contributed by atoms with Crippen LogP contribution in [0.3, 0.4) is 0 Å². The SMILES string of the molecule is CC.Cc1ccc(OC2CCC2)cc1. The summed E-state index contributed by atoms with van der Waals surface area (Å²) in [5, 5.41) is 0. The highest BCUT2D eigenvalue weighted by Gasteiger charge is 2.18. The Bertz CT molecular complexity index is 246. The largest absolute Gasteiger partial charge is 0.490 e. The van der Waals surface area contributed by atoms with E-state index in [1.165, 1.54) is 24.8 Å². The van der Waals surface area contributed by atoms with E-state index in [1.807, 2.05) is 26.0 Å². The van der Waals surface area contributed by atoms with Crippen molar-refractivity contribution < 1.29 is 4.74 Å². The number of rotatable bonds is 2. The molecule has 78 valence electrons. The van der Waals surface area contributed by atoms with Gasteiger partial charge in [0.15, 0.2) is 0 Å². The quantitative estimate of drug-likeness (QED) is 0.689. The van der Waals surface area contributed by atoms with Gasteiger partial charge < -0.3 is 4.74 Å². The number of ether oxygens (including phenoxy) is 1. The van der Waals surface area contributed by atoms with Crippen LogP contribution in [-0.4, -0.2) is 6.10 Å². The molecule has 1 saturated carbocycles. The standard InChI is InChI=1S/C11H14O.C2H6/c1-9-5-7-11(8-6-9)12-10-3-2-4-10;1-2/h5-8,10H,2-4H2,1H3;1-2H3. The van der Waals surface area contributed by atoms with Crippen LogP contribution in [0.1, 0.15) is 38.7 Å². The summed E-state index contributed by atoms with van der Waals surface area (Å²) in [6, 6.07) is 8.28. The minimum atomic E-state index is 0.493. The molecule has 1 aromatic rings. The molecule has 14 heavy (non-hydrogen) atoms. The molecule has 0 N–H and O–H groups in total. The lowest BCUT2D eigenvalue weighted by Gasteiger charge is -2.26. The van der Waals surface area contributed by atoms with Crippen molar-refractivity contribution in [2.24, 2.45) is 0 Å². The molecule has 0 saturated heterocycles. The average molecular weight is 192 g/mol. The van der Waals surface area contributed by atoms with Gasteiger partial charge in [0.05, 0.1) is 6.10 Å². The van der Waals surface area contributed by atoms with Crippen molar-refractivity contribution in [1.29, 1.82) is 0 Å². The molecule has 0 heterocycles. The zero-order valence-corrected chi connectivity index (χ0v) is 9.42. The Hall–Kier alpha value is -0.980. The second-order valence-corrected chi connectivity index (χ2v) is 3.48. The monoisotopic (exact) mass is 192 g/mol. The summed E-state index contributed by atoms with van der Waals surface area (Å²) >= 11 is 0. The van der Waals surface area contributed by atoms with E-state index in [9.17, 15) is 0 Å². The molecule has 1 fully saturated rings. The summed E-state index contributed by atoms with van der Waals surface area (Å²) < 4.78 is 5.71. The van der Waals surface area contributed by atoms with Crippen LogP contribution < -0.4 is 4.74 Å². The van der Waals surface area contributed by atoms with Gasteiger partial charge in [0.25, 0.3) is 0 Å². The highest BCUT2D eigenvalue weighted by Crippen LogP contribution is 2.24. The number of benzene rings is 1. The van der Waals surface area contributed by atoms with Gasteiger partial charge in [-0.15, -0.1) is 0 Å². The van der Waals surface area contributed by atoms with Crippen molar-refractivity contribution in [1.82, 2.24) is 0 Å². The van der Waals surface area contributed by atoms with Gasteiger partial charge in [0, 0.05) is 0 Å². The summed E-state index contributed by atoms with van der Waals surface area (Å²) in [4.78, 5) is 0. The van der Waals surface area contributed by atoms with Crippen LogP contribution in [-0.2, 0) is 0 Å². The van der Waals surface area contributed by atoms with Crippen LogP contribution in [0.4, 0.5) is 0 Å². The summed E-state index contributed by atoms with van der Waals surface area (Å²) in [6.07, 6.45) is 4.28. The van der Waals surface area contributed by atoms with Crippen molar-refractivity contribution >= 4 is 0 Å². The molecule has 1 aliphatic rings. The van der Waals surface area contributed by atoms with Gasteiger partial charge in [0.2, 0.25) is 0 Å². The lowest BCUT2D eigenvalue weighted by Crippen LogP contribution is -2.24. The number of aryl methyl sites for hydroxylation is 1. The van der Waals surface area contributed by atoms with Gasteiger partial charge in [-0.1, -0.05) is 31.5 Å². The molecule has 1 nitrogen and oxygen atoms in total. The van der Waals surface area contributed by atoms with Gasteiger partial charge in [-0.3, -0.25) is 0 Å². The van der Waals surface area contributed by atoms with Crippen molar-refractivity contribution in [3.8, 4) is 5.75 Å². The third-order valence-corrected chi connectivity index (χ3v) is 2.38. The predicted octanol–water partition coefficient (Wildman–Crippen LogP) is 3.95. The number of hydrogen-bond acceptors (Lipinski definition) is 1. The maximum absolute atomic E-state index is 5.71. The maximum Gasteiger partial charge on any atom is 0.119 e. The molecule has 1 aliphatic carbocycles. The molecule has 1 heteroatoms. The minimum absolute atomic E-state index is 0.493. The second kappa shape index (κ2) is 5.69. The van der Waals surface area contributed by atoms with Crippen molar-refractivity contribution in [2.45, 2.75) is 46.1 Å². The van der Waals surface area contributed by atoms with E-state index in [-0.39, 0.29) is 0 Å². The van der Waals surface area contributed by atoms with E-state index >= 15 is 0 Å². The first-order valence-electron chi connectivity index (χ1n) is 5.58. The van der Waals surface area contributed by atoms with Crippen LogP contribution in [0.2, 0.25) is 0 Å². The van der Waals surface area contributed by atoms with Gasteiger partial charge >= 0.3 is 0 Å². The van der Waals surface area contributed by atoms with E-state index in [0.717, 1.165) is 5.75 Å². The minimum Gasteiger partial charge on any atom is -0.490 e. The van der Waals surface area contributed by atoms with Crippen LogP contribution in [0.15, 0.2) is 24.3 Å². The smallest absolute Gasteiger partial charge is 0.119 e. The molecule has 0 bridgehead atoms. The van der Waals surface area contributed by atoms with Crippen LogP contribution in [0, 0.1) is 6.92 Å². The highest BCUT2D eigenvalue weighted by atomic mass is 16.5. The lowest BCUT2D eigenvalue weighted by atomic mass is 9.96. The first-order valence-corrected chi connectivity index (χ1v) is 5.58. The fourth-order valence-corrected chi connectivity index (χ4v) is 1.30. The molecular formula is C13H20O. The molecule has 0 amide bonds. The van der Waals surface area contributed by atoms with Gasteiger partial charge in [-0.05, 0) is 38.3 Å². The van der Waals surface area contributed by atoms with E-state index in [2.05, 4.69) is 19.1 Å². The third kappa shape index (κ3) is 3.06. The topological polar surface area (TPSA) is 9.23 Å². The fourth-order valence-electron chi connectivity index (χ4n) is 1.30. The normalized spacial score (nSPS) is 15.1. The van der Waals surface area contributed by atoms with E-state index in [0.29, 0.717) is 6.10 Å². The molecule has 0 aromatic heterocycles. The maximum atomic E-state index is 5.71. The Kier molecular flexibility index (Phi) is 4.51. The Balaban J connectivity index is 0.000000461. The molecule has 1 aromatic carbocycles. The number of hydrogen-bond donors (Lipinski definition) is 0. The predicted molar refractivity (Wildman–Crippen MR) is 60.8 cm³/mol. The Labute approximate surface area is 87.1 Å². The molecule has 0 radical (unpaired) electrons. The van der Waals surface area contributed by atoms with Crippen molar-refractivity contribution in [3.63, 3.8) is 0 Å². The third-order valence-electron chi connectivity index (χ3n) is 2.38. The van der Waals surface area contributed by atoms with E-state index in [4.69, 9.17) is 4.74 Å². The van der Waals surface area contributed by atoms with Crippen molar-refractivity contribution in [2.75, 3.05) is 0 Å². The fraction of sp³-hybridized carbons (Fsp3) is 0.538. The van der Waals surface area contributed by atoms with E-state index < -0.39 is 0 Å². The summed E-state index contributed by atoms with van der Waals surface area (Å²) in [6.45, 7) is 6.09. The zero-order chi connectivity index (χ0) is 10.4.